The first-order valence-electron chi connectivity index (χ1n) is 13.6. The molecule has 0 aromatic heterocycles. The van der Waals surface area contributed by atoms with Crippen LogP contribution in [-0.4, -0.2) is 26.2 Å². The summed E-state index contributed by atoms with van der Waals surface area (Å²) >= 11 is 0. The standard InChI is InChI=1S/C34H36N2O3/c1-7-36(8-2)24-16-17-27-31(19-24)39-30-18-23(5)29(35-33-21(3)12-11-13-22(33)4)20-28(30)32(27)25-14-9-10-15-26(25)34(37)38-6/h9-20,32,35H,7-8H2,1-6H3. The maximum Gasteiger partial charge on any atom is 0.338 e. The number of nitrogens with one attached hydrogen (secondary N) is 1. The highest BCUT2D eigenvalue weighted by molar-refractivity contribution is 5.92. The molecule has 1 heterocycles. The summed E-state index contributed by atoms with van der Waals surface area (Å²) in [5.41, 5.74) is 10.2. The molecule has 1 atom stereocenters. The number of nitrogens with zero attached hydrogens (tertiary/aromatic N) is 1. The third kappa shape index (κ3) is 4.85. The molecule has 4 aromatic rings. The van der Waals surface area contributed by atoms with Crippen LogP contribution in [0.4, 0.5) is 17.1 Å². The number of esters is 1. The van der Waals surface area contributed by atoms with Gasteiger partial charge in [-0.25, -0.2) is 4.79 Å². The van der Waals surface area contributed by atoms with E-state index in [1.54, 1.807) is 0 Å². The van der Waals surface area contributed by atoms with Gasteiger partial charge in [-0.1, -0.05) is 42.5 Å². The largest absolute Gasteiger partial charge is 0.465 e. The zero-order valence-electron chi connectivity index (χ0n) is 23.6. The first-order chi connectivity index (χ1) is 18.9. The van der Waals surface area contributed by atoms with E-state index in [-0.39, 0.29) is 11.9 Å². The number of hydrogen-bond donors (Lipinski definition) is 1. The second-order valence-electron chi connectivity index (χ2n) is 10.1. The van der Waals surface area contributed by atoms with E-state index in [1.807, 2.05) is 24.3 Å². The van der Waals surface area contributed by atoms with Crippen LogP contribution in [0.2, 0.25) is 0 Å². The van der Waals surface area contributed by atoms with Crippen molar-refractivity contribution in [2.45, 2.75) is 40.5 Å². The lowest BCUT2D eigenvalue weighted by Gasteiger charge is -2.32. The molecular formula is C34H36N2O3. The molecule has 0 saturated carbocycles. The van der Waals surface area contributed by atoms with Crippen LogP contribution in [-0.2, 0) is 4.74 Å². The van der Waals surface area contributed by atoms with E-state index < -0.39 is 0 Å². The summed E-state index contributed by atoms with van der Waals surface area (Å²) in [6.45, 7) is 12.5. The normalized spacial score (nSPS) is 13.6. The van der Waals surface area contributed by atoms with Crippen molar-refractivity contribution in [1.29, 1.82) is 0 Å². The SMILES string of the molecule is CCN(CC)c1ccc2c(c1)Oc1cc(C)c(Nc3c(C)cccc3C)cc1C2c1ccccc1C(=O)OC. The van der Waals surface area contributed by atoms with Crippen LogP contribution in [0.1, 0.15) is 63.5 Å². The number of anilines is 3. The fourth-order valence-corrected chi connectivity index (χ4v) is 5.59. The molecule has 4 aromatic carbocycles. The Bertz CT molecular complexity index is 1520. The van der Waals surface area contributed by atoms with Crippen LogP contribution in [0, 0.1) is 20.8 Å². The van der Waals surface area contributed by atoms with Gasteiger partial charge < -0.3 is 19.7 Å². The van der Waals surface area contributed by atoms with E-state index in [2.05, 4.69) is 93.4 Å². The third-order valence-corrected chi connectivity index (χ3v) is 7.74. The molecule has 0 radical (unpaired) electrons. The molecule has 0 amide bonds. The zero-order chi connectivity index (χ0) is 27.7. The van der Waals surface area contributed by atoms with Crippen LogP contribution in [0.25, 0.3) is 0 Å². The van der Waals surface area contributed by atoms with Crippen molar-refractivity contribution in [3.63, 3.8) is 0 Å². The fourth-order valence-electron chi connectivity index (χ4n) is 5.59. The summed E-state index contributed by atoms with van der Waals surface area (Å²) in [6, 6.07) is 24.7. The maximum absolute atomic E-state index is 12.9. The molecule has 0 fully saturated rings. The molecule has 1 aliphatic rings. The minimum absolute atomic E-state index is 0.205. The molecule has 0 aliphatic carbocycles. The van der Waals surface area contributed by atoms with E-state index in [0.717, 1.165) is 63.9 Å². The van der Waals surface area contributed by atoms with Crippen molar-refractivity contribution < 1.29 is 14.3 Å². The first kappa shape index (κ1) is 26.4. The van der Waals surface area contributed by atoms with Crippen molar-refractivity contribution in [2.75, 3.05) is 30.4 Å². The smallest absolute Gasteiger partial charge is 0.338 e. The summed E-state index contributed by atoms with van der Waals surface area (Å²) in [5.74, 6) is 1.06. The van der Waals surface area contributed by atoms with Crippen LogP contribution in [0.3, 0.4) is 0 Å². The van der Waals surface area contributed by atoms with Crippen molar-refractivity contribution in [2.24, 2.45) is 0 Å². The third-order valence-electron chi connectivity index (χ3n) is 7.74. The average molecular weight is 521 g/mol. The van der Waals surface area contributed by atoms with Gasteiger partial charge in [-0.2, -0.15) is 0 Å². The van der Waals surface area contributed by atoms with Crippen LogP contribution < -0.4 is 15.0 Å². The topological polar surface area (TPSA) is 50.8 Å². The summed E-state index contributed by atoms with van der Waals surface area (Å²) in [7, 11) is 1.43. The van der Waals surface area contributed by atoms with E-state index in [0.29, 0.717) is 5.56 Å². The van der Waals surface area contributed by atoms with Crippen LogP contribution in [0.5, 0.6) is 11.5 Å². The van der Waals surface area contributed by atoms with Gasteiger partial charge in [0.1, 0.15) is 11.5 Å². The first-order valence-corrected chi connectivity index (χ1v) is 13.6. The Balaban J connectivity index is 1.71. The molecule has 5 heteroatoms. The van der Waals surface area contributed by atoms with Gasteiger partial charge in [0.15, 0.2) is 0 Å². The molecular weight excluding hydrogens is 484 g/mol. The lowest BCUT2D eigenvalue weighted by molar-refractivity contribution is 0.0599. The van der Waals surface area contributed by atoms with Gasteiger partial charge in [0.2, 0.25) is 0 Å². The van der Waals surface area contributed by atoms with Gasteiger partial charge in [0, 0.05) is 53.3 Å². The molecule has 0 spiro atoms. The molecule has 5 rings (SSSR count). The van der Waals surface area contributed by atoms with Crippen molar-refractivity contribution >= 4 is 23.0 Å². The lowest BCUT2D eigenvalue weighted by atomic mass is 9.80. The maximum atomic E-state index is 12.9. The van der Waals surface area contributed by atoms with Gasteiger partial charge in [0.25, 0.3) is 0 Å². The predicted molar refractivity (Wildman–Crippen MR) is 159 cm³/mol. The second kappa shape index (κ2) is 10.9. The minimum Gasteiger partial charge on any atom is -0.465 e. The Morgan fingerprint density at radius 3 is 2.21 bits per heavy atom. The van der Waals surface area contributed by atoms with Crippen molar-refractivity contribution in [1.82, 2.24) is 0 Å². The number of aryl methyl sites for hydroxylation is 3. The molecule has 200 valence electrons. The Morgan fingerprint density at radius 1 is 0.821 bits per heavy atom. The van der Waals surface area contributed by atoms with Crippen LogP contribution in [0.15, 0.2) is 72.8 Å². The average Bonchev–Trinajstić information content (AvgIpc) is 2.94. The van der Waals surface area contributed by atoms with E-state index in [4.69, 9.17) is 9.47 Å². The molecule has 1 unspecified atom stereocenters. The number of carbonyl (C=O) groups excluding carboxylic acids is 1. The number of hydrogen-bond acceptors (Lipinski definition) is 5. The second-order valence-corrected chi connectivity index (χ2v) is 10.1. The quantitative estimate of drug-likeness (QED) is 0.219. The van der Waals surface area contributed by atoms with E-state index in [1.165, 1.54) is 18.2 Å². The molecule has 1 N–H and O–H groups in total. The van der Waals surface area contributed by atoms with E-state index in [9.17, 15) is 4.79 Å². The Hall–Kier alpha value is -4.25. The number of fused-ring (bicyclic) bond motifs is 2. The van der Waals surface area contributed by atoms with Gasteiger partial charge in [-0.3, -0.25) is 0 Å². The van der Waals surface area contributed by atoms with Crippen molar-refractivity contribution in [3.05, 3.63) is 112 Å². The molecule has 0 saturated heterocycles. The Kier molecular flexibility index (Phi) is 7.34. The Labute approximate surface area is 231 Å². The molecule has 0 bridgehead atoms. The fraction of sp³-hybridized carbons (Fsp3) is 0.265. The van der Waals surface area contributed by atoms with Gasteiger partial charge >= 0.3 is 5.97 Å². The number of methoxy groups -OCH3 is 1. The summed E-state index contributed by atoms with van der Waals surface area (Å²) in [4.78, 5) is 15.2. The molecule has 39 heavy (non-hydrogen) atoms. The minimum atomic E-state index is -0.346. The number of para-hydroxylation sites is 1. The molecule has 1 aliphatic heterocycles. The van der Waals surface area contributed by atoms with Crippen LogP contribution >= 0.6 is 0 Å². The Morgan fingerprint density at radius 2 is 1.51 bits per heavy atom. The summed E-state index contributed by atoms with van der Waals surface area (Å²) < 4.78 is 11.8. The highest BCUT2D eigenvalue weighted by Crippen LogP contribution is 2.50. The number of rotatable bonds is 7. The summed E-state index contributed by atoms with van der Waals surface area (Å²) in [5, 5.41) is 3.69. The van der Waals surface area contributed by atoms with Crippen molar-refractivity contribution in [3.8, 4) is 11.5 Å². The highest BCUT2D eigenvalue weighted by atomic mass is 16.5. The molecule has 5 nitrogen and oxygen atoms in total. The summed E-state index contributed by atoms with van der Waals surface area (Å²) in [6.07, 6.45) is 0. The van der Waals surface area contributed by atoms with Gasteiger partial charge in [-0.05, 0) is 81.1 Å². The van der Waals surface area contributed by atoms with E-state index >= 15 is 0 Å². The monoisotopic (exact) mass is 520 g/mol. The highest BCUT2D eigenvalue weighted by Gasteiger charge is 2.33. The zero-order valence-corrected chi connectivity index (χ0v) is 23.6. The number of ether oxygens (including phenoxy) is 2. The lowest BCUT2D eigenvalue weighted by Crippen LogP contribution is -2.22. The number of benzene rings is 4. The predicted octanol–water partition coefficient (Wildman–Crippen LogP) is 8.27. The van der Waals surface area contributed by atoms with Gasteiger partial charge in [0.05, 0.1) is 12.7 Å². The van der Waals surface area contributed by atoms with Gasteiger partial charge in [-0.15, -0.1) is 0 Å². The number of carbonyl (C=O) groups is 1.